The summed E-state index contributed by atoms with van der Waals surface area (Å²) in [4.78, 5) is 2.78. The third-order valence-corrected chi connectivity index (χ3v) is 4.78. The molecule has 2 aliphatic heterocycles. The summed E-state index contributed by atoms with van der Waals surface area (Å²) in [5, 5.41) is 3.47. The molecule has 3 aliphatic rings. The summed E-state index contributed by atoms with van der Waals surface area (Å²) in [6, 6.07) is 0.918. The Balaban J connectivity index is 1.42. The second-order valence-electron chi connectivity index (χ2n) is 6.34. The minimum atomic E-state index is 0.569. The van der Waals surface area contributed by atoms with Crippen molar-refractivity contribution in [2.45, 2.75) is 57.1 Å². The highest BCUT2D eigenvalue weighted by Gasteiger charge is 2.31. The molecule has 0 amide bonds. The molecule has 18 heavy (non-hydrogen) atoms. The van der Waals surface area contributed by atoms with Crippen LogP contribution in [-0.2, 0) is 4.74 Å². The number of nitrogens with one attached hydrogen (secondary N) is 1. The van der Waals surface area contributed by atoms with Gasteiger partial charge in [0, 0.05) is 25.7 Å². The van der Waals surface area contributed by atoms with E-state index in [-0.39, 0.29) is 0 Å². The van der Waals surface area contributed by atoms with Gasteiger partial charge in [-0.05, 0) is 64.0 Å². The molecule has 0 bridgehead atoms. The normalized spacial score (nSPS) is 30.2. The van der Waals surface area contributed by atoms with Gasteiger partial charge in [0.1, 0.15) is 0 Å². The topological polar surface area (TPSA) is 24.5 Å². The molecule has 0 radical (unpaired) electrons. The quantitative estimate of drug-likeness (QED) is 0.783. The Hall–Kier alpha value is -0.120. The Kier molecular flexibility index (Phi) is 4.55. The molecule has 1 N–H and O–H groups in total. The lowest BCUT2D eigenvalue weighted by molar-refractivity contribution is 0.0865. The van der Waals surface area contributed by atoms with Crippen LogP contribution in [0.1, 0.15) is 44.9 Å². The van der Waals surface area contributed by atoms with Crippen LogP contribution in [0, 0.1) is 5.92 Å². The van der Waals surface area contributed by atoms with E-state index in [1.807, 2.05) is 0 Å². The van der Waals surface area contributed by atoms with Gasteiger partial charge < -0.3 is 15.0 Å². The molecule has 2 saturated heterocycles. The van der Waals surface area contributed by atoms with Gasteiger partial charge in [-0.1, -0.05) is 0 Å². The largest absolute Gasteiger partial charge is 0.378 e. The fourth-order valence-corrected chi connectivity index (χ4v) is 3.44. The van der Waals surface area contributed by atoms with Crippen molar-refractivity contribution < 1.29 is 4.74 Å². The maximum atomic E-state index is 5.76. The lowest BCUT2D eigenvalue weighted by Crippen LogP contribution is -2.38. The summed E-state index contributed by atoms with van der Waals surface area (Å²) < 4.78 is 5.76. The molecule has 1 saturated carbocycles. The summed E-state index contributed by atoms with van der Waals surface area (Å²) in [5.41, 5.74) is 0. The lowest BCUT2D eigenvalue weighted by Gasteiger charge is -2.30. The molecule has 0 aromatic heterocycles. The highest BCUT2D eigenvalue weighted by atomic mass is 16.5. The predicted octanol–water partition coefficient (Wildman–Crippen LogP) is 2.02. The maximum Gasteiger partial charge on any atom is 0.0588 e. The number of hydrogen-bond acceptors (Lipinski definition) is 3. The number of ether oxygens (including phenoxy) is 1. The van der Waals surface area contributed by atoms with Crippen molar-refractivity contribution in [3.63, 3.8) is 0 Å². The lowest BCUT2D eigenvalue weighted by atomic mass is 9.97. The van der Waals surface area contributed by atoms with E-state index in [0.717, 1.165) is 18.6 Å². The van der Waals surface area contributed by atoms with Crippen molar-refractivity contribution in [1.82, 2.24) is 10.2 Å². The zero-order chi connectivity index (χ0) is 12.2. The first-order chi connectivity index (χ1) is 8.92. The zero-order valence-electron chi connectivity index (χ0n) is 11.6. The molecule has 0 aromatic rings. The van der Waals surface area contributed by atoms with Gasteiger partial charge in [0.25, 0.3) is 0 Å². The van der Waals surface area contributed by atoms with Crippen molar-refractivity contribution in [1.29, 1.82) is 0 Å². The Bertz CT molecular complexity index is 243. The van der Waals surface area contributed by atoms with Crippen LogP contribution in [-0.4, -0.2) is 49.8 Å². The van der Waals surface area contributed by atoms with Crippen molar-refractivity contribution in [3.8, 4) is 0 Å². The van der Waals surface area contributed by atoms with Crippen LogP contribution < -0.4 is 5.32 Å². The van der Waals surface area contributed by atoms with Gasteiger partial charge in [-0.25, -0.2) is 0 Å². The van der Waals surface area contributed by atoms with Gasteiger partial charge >= 0.3 is 0 Å². The molecule has 0 spiro atoms. The molecular formula is C15H28N2O. The second kappa shape index (κ2) is 6.36. The molecule has 2 heterocycles. The van der Waals surface area contributed by atoms with E-state index in [9.17, 15) is 0 Å². The van der Waals surface area contributed by atoms with Gasteiger partial charge in [-0.3, -0.25) is 0 Å². The minimum absolute atomic E-state index is 0.569. The van der Waals surface area contributed by atoms with Crippen LogP contribution in [0.3, 0.4) is 0 Å². The average Bonchev–Trinajstić information content (AvgIpc) is 3.12. The van der Waals surface area contributed by atoms with Gasteiger partial charge in [0.2, 0.25) is 0 Å². The number of rotatable bonds is 6. The van der Waals surface area contributed by atoms with Gasteiger partial charge in [0.15, 0.2) is 0 Å². The van der Waals surface area contributed by atoms with Crippen molar-refractivity contribution >= 4 is 0 Å². The van der Waals surface area contributed by atoms with Crippen molar-refractivity contribution in [3.05, 3.63) is 0 Å². The Morgan fingerprint density at radius 3 is 2.56 bits per heavy atom. The van der Waals surface area contributed by atoms with Gasteiger partial charge in [-0.15, -0.1) is 0 Å². The minimum Gasteiger partial charge on any atom is -0.378 e. The molecule has 1 atom stereocenters. The summed E-state index contributed by atoms with van der Waals surface area (Å²) >= 11 is 0. The highest BCUT2D eigenvalue weighted by Crippen LogP contribution is 2.29. The van der Waals surface area contributed by atoms with E-state index in [4.69, 9.17) is 4.74 Å². The van der Waals surface area contributed by atoms with E-state index in [2.05, 4.69) is 10.2 Å². The van der Waals surface area contributed by atoms with Gasteiger partial charge in [-0.2, -0.15) is 0 Å². The van der Waals surface area contributed by atoms with Crippen LogP contribution in [0.4, 0.5) is 0 Å². The van der Waals surface area contributed by atoms with Crippen molar-refractivity contribution in [2.24, 2.45) is 5.92 Å². The number of piperidine rings is 1. The van der Waals surface area contributed by atoms with Crippen LogP contribution in [0.15, 0.2) is 0 Å². The standard InChI is InChI=1S/C15H28N2O/c1-2-15(18-11-1)7-10-17(14-3-4-14)12-13-5-8-16-9-6-13/h13-16H,1-12H2. The average molecular weight is 252 g/mol. The van der Waals surface area contributed by atoms with E-state index >= 15 is 0 Å². The monoisotopic (exact) mass is 252 g/mol. The summed E-state index contributed by atoms with van der Waals surface area (Å²) in [6.45, 7) is 6.09. The molecule has 3 nitrogen and oxygen atoms in total. The fourth-order valence-electron chi connectivity index (χ4n) is 3.44. The zero-order valence-corrected chi connectivity index (χ0v) is 11.6. The molecule has 104 valence electrons. The molecular weight excluding hydrogens is 224 g/mol. The predicted molar refractivity (Wildman–Crippen MR) is 73.8 cm³/mol. The summed E-state index contributed by atoms with van der Waals surface area (Å²) in [7, 11) is 0. The molecule has 3 heteroatoms. The Labute approximate surface area is 111 Å². The Morgan fingerprint density at radius 1 is 1.06 bits per heavy atom. The van der Waals surface area contributed by atoms with E-state index in [1.54, 1.807) is 0 Å². The second-order valence-corrected chi connectivity index (χ2v) is 6.34. The Morgan fingerprint density at radius 2 is 1.89 bits per heavy atom. The molecule has 1 aliphatic carbocycles. The molecule has 1 unspecified atom stereocenters. The SMILES string of the molecule is C1COC(CCN(CC2CCNCC2)C2CC2)C1. The third-order valence-electron chi connectivity index (χ3n) is 4.78. The van der Waals surface area contributed by atoms with Gasteiger partial charge in [0.05, 0.1) is 6.10 Å². The third kappa shape index (κ3) is 3.69. The first-order valence-corrected chi connectivity index (χ1v) is 7.98. The summed E-state index contributed by atoms with van der Waals surface area (Å²) in [5.74, 6) is 0.941. The highest BCUT2D eigenvalue weighted by molar-refractivity contribution is 4.87. The van der Waals surface area contributed by atoms with Crippen LogP contribution in [0.25, 0.3) is 0 Å². The van der Waals surface area contributed by atoms with Crippen LogP contribution in [0.2, 0.25) is 0 Å². The van der Waals surface area contributed by atoms with Crippen LogP contribution >= 0.6 is 0 Å². The number of nitrogens with zero attached hydrogens (tertiary/aromatic N) is 1. The molecule has 0 aromatic carbocycles. The fraction of sp³-hybridized carbons (Fsp3) is 1.00. The first-order valence-electron chi connectivity index (χ1n) is 7.98. The number of hydrogen-bond donors (Lipinski definition) is 1. The smallest absolute Gasteiger partial charge is 0.0588 e. The first kappa shape index (κ1) is 12.9. The van der Waals surface area contributed by atoms with Crippen molar-refractivity contribution in [2.75, 3.05) is 32.8 Å². The summed E-state index contributed by atoms with van der Waals surface area (Å²) in [6.07, 6.45) is 10.0. The van der Waals surface area contributed by atoms with Crippen LogP contribution in [0.5, 0.6) is 0 Å². The molecule has 3 rings (SSSR count). The van der Waals surface area contributed by atoms with E-state index in [1.165, 1.54) is 71.1 Å². The van der Waals surface area contributed by atoms with E-state index in [0.29, 0.717) is 6.10 Å². The molecule has 3 fully saturated rings. The van der Waals surface area contributed by atoms with E-state index < -0.39 is 0 Å². The maximum absolute atomic E-state index is 5.76.